The molecule has 1 aromatic carbocycles. The minimum atomic E-state index is -0.769. The molecule has 0 saturated heterocycles. The smallest absolute Gasteiger partial charge is 0.408 e. The van der Waals surface area contributed by atoms with Crippen molar-refractivity contribution in [3.8, 4) is 0 Å². The number of carbonyl (C=O) groups is 3. The van der Waals surface area contributed by atoms with E-state index in [9.17, 15) is 14.4 Å². The molecule has 1 atom stereocenters. The summed E-state index contributed by atoms with van der Waals surface area (Å²) in [6.45, 7) is 5.20. The molecule has 0 heterocycles. The molecule has 0 spiro atoms. The van der Waals surface area contributed by atoms with E-state index in [4.69, 9.17) is 9.47 Å². The third kappa shape index (κ3) is 9.64. The van der Waals surface area contributed by atoms with E-state index in [1.54, 1.807) is 32.5 Å². The van der Waals surface area contributed by atoms with E-state index in [1.807, 2.05) is 36.6 Å². The lowest BCUT2D eigenvalue weighted by atomic mass is 10.2. The molecule has 156 valence electrons. The number of ether oxygens (including phenoxy) is 2. The van der Waals surface area contributed by atoms with E-state index >= 15 is 0 Å². The number of hydrogen-bond donors (Lipinski definition) is 1. The van der Waals surface area contributed by atoms with Crippen LogP contribution < -0.4 is 5.32 Å². The number of nitrogens with zero attached hydrogens (tertiary/aromatic N) is 1. The molecule has 28 heavy (non-hydrogen) atoms. The van der Waals surface area contributed by atoms with E-state index < -0.39 is 23.7 Å². The van der Waals surface area contributed by atoms with Crippen molar-refractivity contribution in [3.63, 3.8) is 0 Å². The molecule has 2 amide bonds. The van der Waals surface area contributed by atoms with Gasteiger partial charge in [-0.2, -0.15) is 11.8 Å². The molecule has 0 aliphatic heterocycles. The van der Waals surface area contributed by atoms with E-state index in [1.165, 1.54) is 11.9 Å². The summed E-state index contributed by atoms with van der Waals surface area (Å²) >= 11 is 1.56. The van der Waals surface area contributed by atoms with Gasteiger partial charge in [-0.15, -0.1) is 0 Å². The molecule has 0 aliphatic rings. The molecule has 1 aromatic rings. The van der Waals surface area contributed by atoms with Gasteiger partial charge in [0.05, 0.1) is 0 Å². The number of benzene rings is 1. The first-order chi connectivity index (χ1) is 13.1. The lowest BCUT2D eigenvalue weighted by molar-refractivity contribution is -0.150. The topological polar surface area (TPSA) is 84.9 Å². The Morgan fingerprint density at radius 3 is 2.39 bits per heavy atom. The van der Waals surface area contributed by atoms with Crippen LogP contribution in [0.5, 0.6) is 0 Å². The Kier molecular flexibility index (Phi) is 9.85. The lowest BCUT2D eigenvalue weighted by Gasteiger charge is -2.26. The van der Waals surface area contributed by atoms with Gasteiger partial charge in [-0.3, -0.25) is 9.59 Å². The SMILES string of the molecule is CSCC[C@H](NC(=O)OC(C)(C)C)C(=O)N(C)CC(=O)OCc1ccccc1. The predicted octanol–water partition coefficient (Wildman–Crippen LogP) is 2.83. The molecular formula is C20H30N2O5S. The molecule has 0 radical (unpaired) electrons. The monoisotopic (exact) mass is 410 g/mol. The maximum atomic E-state index is 12.7. The Morgan fingerprint density at radius 1 is 1.18 bits per heavy atom. The van der Waals surface area contributed by atoms with E-state index in [0.717, 1.165) is 5.56 Å². The average molecular weight is 411 g/mol. The summed E-state index contributed by atoms with van der Waals surface area (Å²) in [6.07, 6.45) is 1.69. The van der Waals surface area contributed by atoms with E-state index in [-0.39, 0.29) is 19.1 Å². The highest BCUT2D eigenvalue weighted by Gasteiger charge is 2.27. The molecule has 0 aliphatic carbocycles. The Hall–Kier alpha value is -2.22. The summed E-state index contributed by atoms with van der Waals surface area (Å²) < 4.78 is 10.4. The highest BCUT2D eigenvalue weighted by atomic mass is 32.2. The third-order valence-electron chi connectivity index (χ3n) is 3.58. The molecule has 1 N–H and O–H groups in total. The Labute approximate surface area is 171 Å². The largest absolute Gasteiger partial charge is 0.459 e. The minimum Gasteiger partial charge on any atom is -0.459 e. The van der Waals surface area contributed by atoms with Gasteiger partial charge in [0, 0.05) is 7.05 Å². The fraction of sp³-hybridized carbons (Fsp3) is 0.550. The minimum absolute atomic E-state index is 0.147. The number of hydrogen-bond acceptors (Lipinski definition) is 6. The summed E-state index contributed by atoms with van der Waals surface area (Å²) in [6, 6.07) is 8.53. The summed E-state index contributed by atoms with van der Waals surface area (Å²) in [7, 11) is 1.51. The van der Waals surface area contributed by atoms with Gasteiger partial charge >= 0.3 is 12.1 Å². The second-order valence-corrected chi connectivity index (χ2v) is 8.31. The van der Waals surface area contributed by atoms with Crippen LogP contribution in [-0.4, -0.2) is 60.1 Å². The van der Waals surface area contributed by atoms with Gasteiger partial charge in [0.1, 0.15) is 24.8 Å². The quantitative estimate of drug-likeness (QED) is 0.630. The van der Waals surface area contributed by atoms with E-state index in [2.05, 4.69) is 5.32 Å². The zero-order valence-electron chi connectivity index (χ0n) is 17.2. The first-order valence-electron chi connectivity index (χ1n) is 9.05. The Balaban J connectivity index is 2.59. The molecule has 0 unspecified atom stereocenters. The van der Waals surface area contributed by atoms with Crippen LogP contribution in [0.3, 0.4) is 0 Å². The molecule has 0 aromatic heterocycles. The molecule has 8 heteroatoms. The van der Waals surface area contributed by atoms with Crippen LogP contribution in [0.15, 0.2) is 30.3 Å². The van der Waals surface area contributed by atoms with Gasteiger partial charge in [-0.05, 0) is 44.8 Å². The van der Waals surface area contributed by atoms with Gasteiger partial charge < -0.3 is 19.7 Å². The lowest BCUT2D eigenvalue weighted by Crippen LogP contribution is -2.50. The average Bonchev–Trinajstić information content (AvgIpc) is 2.62. The third-order valence-corrected chi connectivity index (χ3v) is 4.23. The first-order valence-corrected chi connectivity index (χ1v) is 10.4. The van der Waals surface area contributed by atoms with Crippen molar-refractivity contribution in [1.29, 1.82) is 0 Å². The zero-order valence-corrected chi connectivity index (χ0v) is 18.0. The maximum absolute atomic E-state index is 12.7. The molecule has 1 rings (SSSR count). The van der Waals surface area contributed by atoms with Crippen molar-refractivity contribution >= 4 is 29.7 Å². The zero-order chi connectivity index (χ0) is 21.2. The number of likely N-dealkylation sites (N-methyl/N-ethyl adjacent to an activating group) is 1. The van der Waals surface area contributed by atoms with Gasteiger partial charge in [-0.1, -0.05) is 30.3 Å². The number of alkyl carbamates (subject to hydrolysis) is 1. The molecule has 7 nitrogen and oxygen atoms in total. The first kappa shape index (κ1) is 23.8. The summed E-state index contributed by atoms with van der Waals surface area (Å²) in [4.78, 5) is 38.0. The Bertz CT molecular complexity index is 646. The number of esters is 1. The number of rotatable bonds is 9. The number of nitrogens with one attached hydrogen (secondary N) is 1. The second kappa shape index (κ2) is 11.6. The van der Waals surface area contributed by atoms with Crippen LogP contribution in [0.2, 0.25) is 0 Å². The summed E-state index contributed by atoms with van der Waals surface area (Å²) in [5.41, 5.74) is 0.207. The van der Waals surface area contributed by atoms with Crippen molar-refractivity contribution < 1.29 is 23.9 Å². The fourth-order valence-corrected chi connectivity index (χ4v) is 2.74. The molecule has 0 fully saturated rings. The van der Waals surface area contributed by atoms with Crippen molar-refractivity contribution in [2.45, 2.75) is 45.4 Å². The van der Waals surface area contributed by atoms with Gasteiger partial charge in [-0.25, -0.2) is 4.79 Å². The van der Waals surface area contributed by atoms with Gasteiger partial charge in [0.2, 0.25) is 5.91 Å². The van der Waals surface area contributed by atoms with Gasteiger partial charge in [0.15, 0.2) is 0 Å². The maximum Gasteiger partial charge on any atom is 0.408 e. The molecule has 0 saturated carbocycles. The van der Waals surface area contributed by atoms with E-state index in [0.29, 0.717) is 12.2 Å². The normalized spacial score (nSPS) is 12.0. The number of thioether (sulfide) groups is 1. The fourth-order valence-electron chi connectivity index (χ4n) is 2.26. The van der Waals surface area contributed by atoms with Crippen molar-refractivity contribution in [2.24, 2.45) is 0 Å². The van der Waals surface area contributed by atoms with Crippen LogP contribution >= 0.6 is 11.8 Å². The molecule has 0 bridgehead atoms. The highest BCUT2D eigenvalue weighted by Crippen LogP contribution is 2.09. The van der Waals surface area contributed by atoms with Crippen LogP contribution in [-0.2, 0) is 25.7 Å². The standard InChI is InChI=1S/C20H30N2O5S/c1-20(2,3)27-19(25)21-16(11-12-28-5)18(24)22(4)13-17(23)26-14-15-9-7-6-8-10-15/h6-10,16H,11-14H2,1-5H3,(H,21,25)/t16-/m0/s1. The van der Waals surface area contributed by atoms with Crippen molar-refractivity contribution in [1.82, 2.24) is 10.2 Å². The number of amides is 2. The van der Waals surface area contributed by atoms with Crippen LogP contribution in [0, 0.1) is 0 Å². The van der Waals surface area contributed by atoms with Gasteiger partial charge in [0.25, 0.3) is 0 Å². The highest BCUT2D eigenvalue weighted by molar-refractivity contribution is 7.98. The molecular weight excluding hydrogens is 380 g/mol. The number of carbonyl (C=O) groups excluding carboxylic acids is 3. The Morgan fingerprint density at radius 2 is 1.82 bits per heavy atom. The summed E-state index contributed by atoms with van der Waals surface area (Å²) in [5.74, 6) is -0.199. The van der Waals surface area contributed by atoms with Crippen LogP contribution in [0.4, 0.5) is 4.79 Å². The predicted molar refractivity (Wildman–Crippen MR) is 110 cm³/mol. The van der Waals surface area contributed by atoms with Crippen molar-refractivity contribution in [2.75, 3.05) is 25.6 Å². The second-order valence-electron chi connectivity index (χ2n) is 7.32. The van der Waals surface area contributed by atoms with Crippen molar-refractivity contribution in [3.05, 3.63) is 35.9 Å². The van der Waals surface area contributed by atoms with Crippen LogP contribution in [0.25, 0.3) is 0 Å². The van der Waals surface area contributed by atoms with Crippen LogP contribution in [0.1, 0.15) is 32.8 Å². The summed E-state index contributed by atoms with van der Waals surface area (Å²) in [5, 5.41) is 2.60.